The second-order valence-electron chi connectivity index (χ2n) is 9.14. The molecule has 0 aliphatic carbocycles. The molecule has 0 radical (unpaired) electrons. The summed E-state index contributed by atoms with van der Waals surface area (Å²) in [6.45, 7) is 6.83. The first-order valence-corrected chi connectivity index (χ1v) is 14.3. The van der Waals surface area contributed by atoms with Gasteiger partial charge in [-0.2, -0.15) is 0 Å². The van der Waals surface area contributed by atoms with Crippen LogP contribution in [0.1, 0.15) is 39.7 Å². The Morgan fingerprint density at radius 2 is 1.74 bits per heavy atom. The molecule has 2 aromatic carbocycles. The average molecular weight is 607 g/mol. The SMILES string of the molecule is CC[C@H](C(=O)NC(C)(C)C)N(Cc1ccc(Cl)cc1Cl)C(=O)CN(c1ccccc1Br)S(C)(=O)=O. The largest absolute Gasteiger partial charge is 0.350 e. The summed E-state index contributed by atoms with van der Waals surface area (Å²) in [6, 6.07) is 10.7. The van der Waals surface area contributed by atoms with Crippen LogP contribution in [0.4, 0.5) is 5.69 Å². The highest BCUT2D eigenvalue weighted by Crippen LogP contribution is 2.29. The van der Waals surface area contributed by atoms with Gasteiger partial charge in [0.1, 0.15) is 12.6 Å². The maximum absolute atomic E-state index is 13.7. The lowest BCUT2D eigenvalue weighted by atomic mass is 10.1. The van der Waals surface area contributed by atoms with Crippen molar-refractivity contribution < 1.29 is 18.0 Å². The minimum absolute atomic E-state index is 0.00152. The number of sulfonamides is 1. The van der Waals surface area contributed by atoms with Crippen molar-refractivity contribution in [2.45, 2.75) is 52.2 Å². The van der Waals surface area contributed by atoms with Gasteiger partial charge in [0.25, 0.3) is 0 Å². The van der Waals surface area contributed by atoms with Crippen LogP contribution in [0.25, 0.3) is 0 Å². The Hall–Kier alpha value is -1.81. The van der Waals surface area contributed by atoms with Crippen molar-refractivity contribution in [1.29, 1.82) is 0 Å². The predicted octanol–water partition coefficient (Wildman–Crippen LogP) is 5.24. The molecule has 11 heteroatoms. The van der Waals surface area contributed by atoms with E-state index < -0.39 is 34.1 Å². The molecule has 192 valence electrons. The molecule has 0 spiro atoms. The van der Waals surface area contributed by atoms with E-state index >= 15 is 0 Å². The van der Waals surface area contributed by atoms with Gasteiger partial charge in [0.05, 0.1) is 11.9 Å². The Balaban J connectivity index is 2.51. The molecule has 0 unspecified atom stereocenters. The fourth-order valence-electron chi connectivity index (χ4n) is 3.45. The fourth-order valence-corrected chi connectivity index (χ4v) is 5.40. The fraction of sp³-hybridized carbons (Fsp3) is 0.417. The van der Waals surface area contributed by atoms with E-state index in [1.54, 1.807) is 49.4 Å². The lowest BCUT2D eigenvalue weighted by Crippen LogP contribution is -2.55. The summed E-state index contributed by atoms with van der Waals surface area (Å²) in [5.41, 5.74) is 0.378. The number of hydrogen-bond acceptors (Lipinski definition) is 4. The second-order valence-corrected chi connectivity index (χ2v) is 12.7. The van der Waals surface area contributed by atoms with Gasteiger partial charge in [0, 0.05) is 26.6 Å². The van der Waals surface area contributed by atoms with Crippen molar-refractivity contribution in [1.82, 2.24) is 10.2 Å². The van der Waals surface area contributed by atoms with Crippen LogP contribution in [0.5, 0.6) is 0 Å². The maximum atomic E-state index is 13.7. The molecule has 0 saturated heterocycles. The summed E-state index contributed by atoms with van der Waals surface area (Å²) < 4.78 is 26.9. The van der Waals surface area contributed by atoms with Crippen LogP contribution in [0.2, 0.25) is 10.0 Å². The standard InChI is InChI=1S/C24H30BrCl2N3O4S/c1-6-20(23(32)28-24(2,3)4)29(14-16-11-12-17(26)13-19(16)27)22(31)15-30(35(5,33)34)21-10-8-7-9-18(21)25/h7-13,20H,6,14-15H2,1-5H3,(H,28,32)/t20-/m1/s1. The van der Waals surface area contributed by atoms with Gasteiger partial charge >= 0.3 is 0 Å². The summed E-state index contributed by atoms with van der Waals surface area (Å²) in [7, 11) is -3.83. The molecule has 0 bridgehead atoms. The molecule has 1 N–H and O–H groups in total. The Bertz CT molecular complexity index is 1190. The van der Waals surface area contributed by atoms with Gasteiger partial charge < -0.3 is 10.2 Å². The van der Waals surface area contributed by atoms with Gasteiger partial charge in [-0.05, 0) is 73.0 Å². The highest BCUT2D eigenvalue weighted by atomic mass is 79.9. The number of carbonyl (C=O) groups excluding carboxylic acids is 2. The zero-order chi connectivity index (χ0) is 26.6. The lowest BCUT2D eigenvalue weighted by molar-refractivity contribution is -0.141. The average Bonchev–Trinajstić information content (AvgIpc) is 2.71. The van der Waals surface area contributed by atoms with Gasteiger partial charge in [0.2, 0.25) is 21.8 Å². The summed E-state index contributed by atoms with van der Waals surface area (Å²) >= 11 is 15.8. The van der Waals surface area contributed by atoms with Crippen molar-refractivity contribution in [3.63, 3.8) is 0 Å². The monoisotopic (exact) mass is 605 g/mol. The molecule has 2 amide bonds. The number of anilines is 1. The number of halogens is 3. The first-order valence-electron chi connectivity index (χ1n) is 10.9. The third-order valence-corrected chi connectivity index (χ3v) is 7.42. The van der Waals surface area contributed by atoms with Crippen LogP contribution in [-0.2, 0) is 26.2 Å². The third-order valence-electron chi connectivity index (χ3n) is 5.04. The molecule has 0 aliphatic heterocycles. The first kappa shape index (κ1) is 29.4. The minimum atomic E-state index is -3.83. The number of carbonyl (C=O) groups is 2. The van der Waals surface area contributed by atoms with Gasteiger partial charge in [-0.25, -0.2) is 8.42 Å². The van der Waals surface area contributed by atoms with Crippen molar-refractivity contribution in [3.8, 4) is 0 Å². The first-order chi connectivity index (χ1) is 16.1. The number of nitrogens with zero attached hydrogens (tertiary/aromatic N) is 2. The quantitative estimate of drug-likeness (QED) is 0.423. The molecule has 0 fully saturated rings. The molecule has 1 atom stereocenters. The van der Waals surface area contributed by atoms with E-state index in [2.05, 4.69) is 21.2 Å². The summed E-state index contributed by atoms with van der Waals surface area (Å²) in [4.78, 5) is 28.2. The normalized spacial score (nSPS) is 12.7. The summed E-state index contributed by atoms with van der Waals surface area (Å²) in [5, 5.41) is 3.69. The molecule has 0 saturated carbocycles. The zero-order valence-corrected chi connectivity index (χ0v) is 24.2. The van der Waals surface area contributed by atoms with Crippen molar-refractivity contribution >= 4 is 66.7 Å². The molecule has 2 aromatic rings. The van der Waals surface area contributed by atoms with Crippen LogP contribution in [0.15, 0.2) is 46.9 Å². The van der Waals surface area contributed by atoms with Crippen LogP contribution in [0.3, 0.4) is 0 Å². The van der Waals surface area contributed by atoms with Gasteiger partial charge in [-0.3, -0.25) is 13.9 Å². The van der Waals surface area contributed by atoms with E-state index in [1.165, 1.54) is 4.90 Å². The molecular formula is C24H30BrCl2N3O4S. The van der Waals surface area contributed by atoms with Gasteiger partial charge in [-0.1, -0.05) is 48.3 Å². The van der Waals surface area contributed by atoms with Crippen LogP contribution < -0.4 is 9.62 Å². The highest BCUT2D eigenvalue weighted by Gasteiger charge is 2.33. The van der Waals surface area contributed by atoms with E-state index in [-0.39, 0.29) is 12.5 Å². The maximum Gasteiger partial charge on any atom is 0.244 e. The lowest BCUT2D eigenvalue weighted by Gasteiger charge is -2.34. The zero-order valence-electron chi connectivity index (χ0n) is 20.3. The second kappa shape index (κ2) is 12.0. The number of amides is 2. The molecule has 0 aromatic heterocycles. The van der Waals surface area contributed by atoms with Crippen molar-refractivity contribution in [2.75, 3.05) is 17.1 Å². The van der Waals surface area contributed by atoms with Crippen LogP contribution >= 0.6 is 39.1 Å². The van der Waals surface area contributed by atoms with E-state index in [9.17, 15) is 18.0 Å². The summed E-state index contributed by atoms with van der Waals surface area (Å²) in [5.74, 6) is -0.890. The molecule has 0 heterocycles. The van der Waals surface area contributed by atoms with E-state index in [0.717, 1.165) is 10.6 Å². The molecular weight excluding hydrogens is 577 g/mol. The molecule has 7 nitrogen and oxygen atoms in total. The number of nitrogens with one attached hydrogen (secondary N) is 1. The van der Waals surface area contributed by atoms with E-state index in [4.69, 9.17) is 23.2 Å². The van der Waals surface area contributed by atoms with Crippen LogP contribution in [-0.4, -0.2) is 49.5 Å². The Kier molecular flexibility index (Phi) is 10.0. The van der Waals surface area contributed by atoms with E-state index in [1.807, 2.05) is 20.8 Å². The Morgan fingerprint density at radius 1 is 1.11 bits per heavy atom. The predicted molar refractivity (Wildman–Crippen MR) is 145 cm³/mol. The molecule has 35 heavy (non-hydrogen) atoms. The number of para-hydroxylation sites is 1. The van der Waals surface area contributed by atoms with Crippen molar-refractivity contribution in [3.05, 3.63) is 62.5 Å². The van der Waals surface area contributed by atoms with Crippen LogP contribution in [0, 0.1) is 0 Å². The number of rotatable bonds is 9. The highest BCUT2D eigenvalue weighted by molar-refractivity contribution is 9.10. The van der Waals surface area contributed by atoms with Crippen molar-refractivity contribution in [2.24, 2.45) is 0 Å². The number of hydrogen-bond donors (Lipinski definition) is 1. The smallest absolute Gasteiger partial charge is 0.244 e. The molecule has 2 rings (SSSR count). The van der Waals surface area contributed by atoms with E-state index in [0.29, 0.717) is 32.2 Å². The topological polar surface area (TPSA) is 86.8 Å². The Morgan fingerprint density at radius 3 is 2.26 bits per heavy atom. The number of benzene rings is 2. The van der Waals surface area contributed by atoms with Gasteiger partial charge in [0.15, 0.2) is 0 Å². The van der Waals surface area contributed by atoms with Gasteiger partial charge in [-0.15, -0.1) is 0 Å². The minimum Gasteiger partial charge on any atom is -0.350 e. The Labute approximate surface area is 225 Å². The summed E-state index contributed by atoms with van der Waals surface area (Å²) in [6.07, 6.45) is 1.34. The third kappa shape index (κ3) is 8.37. The molecule has 0 aliphatic rings.